The lowest BCUT2D eigenvalue weighted by atomic mass is 10.1. The SMILES string of the molecule is CCOc1cnc(NCc2c(Cl)cccc2N(CC)CC)nc1. The number of benzene rings is 1. The second kappa shape index (κ2) is 8.58. The minimum Gasteiger partial charge on any atom is -0.491 e. The van der Waals surface area contributed by atoms with E-state index in [9.17, 15) is 0 Å². The van der Waals surface area contributed by atoms with Gasteiger partial charge in [-0.3, -0.25) is 0 Å². The molecule has 0 spiro atoms. The predicted octanol–water partition coefficient (Wildman–Crippen LogP) is 3.99. The van der Waals surface area contributed by atoms with Crippen LogP contribution < -0.4 is 15.0 Å². The zero-order valence-corrected chi connectivity index (χ0v) is 14.6. The van der Waals surface area contributed by atoms with Crippen molar-refractivity contribution in [3.05, 3.63) is 41.2 Å². The Labute approximate surface area is 142 Å². The Balaban J connectivity index is 2.13. The Morgan fingerprint density at radius 1 is 1.13 bits per heavy atom. The first-order valence-corrected chi connectivity index (χ1v) is 8.28. The number of hydrogen-bond acceptors (Lipinski definition) is 5. The van der Waals surface area contributed by atoms with E-state index in [4.69, 9.17) is 16.3 Å². The van der Waals surface area contributed by atoms with Crippen LogP contribution in [-0.4, -0.2) is 29.7 Å². The normalized spacial score (nSPS) is 10.4. The fourth-order valence-corrected chi connectivity index (χ4v) is 2.64. The smallest absolute Gasteiger partial charge is 0.223 e. The number of hydrogen-bond donors (Lipinski definition) is 1. The van der Waals surface area contributed by atoms with Crippen molar-refractivity contribution in [2.45, 2.75) is 27.3 Å². The molecule has 0 saturated carbocycles. The molecule has 0 aliphatic carbocycles. The minimum absolute atomic E-state index is 0.555. The third-order valence-electron chi connectivity index (χ3n) is 3.56. The minimum atomic E-state index is 0.555. The zero-order chi connectivity index (χ0) is 16.7. The summed E-state index contributed by atoms with van der Waals surface area (Å²) in [5, 5.41) is 3.97. The van der Waals surface area contributed by atoms with E-state index in [1.165, 1.54) is 0 Å². The molecule has 0 aliphatic heterocycles. The Kier molecular flexibility index (Phi) is 6.47. The molecule has 2 rings (SSSR count). The van der Waals surface area contributed by atoms with E-state index in [2.05, 4.69) is 40.1 Å². The third kappa shape index (κ3) is 4.48. The maximum atomic E-state index is 6.39. The Morgan fingerprint density at radius 3 is 2.43 bits per heavy atom. The molecule has 0 fully saturated rings. The van der Waals surface area contributed by atoms with Gasteiger partial charge in [0.25, 0.3) is 0 Å². The molecule has 0 amide bonds. The van der Waals surface area contributed by atoms with Gasteiger partial charge in [-0.2, -0.15) is 0 Å². The molecule has 1 N–H and O–H groups in total. The molecular weight excluding hydrogens is 312 g/mol. The van der Waals surface area contributed by atoms with E-state index in [0.717, 1.165) is 29.4 Å². The van der Waals surface area contributed by atoms with Crippen LogP contribution in [0.1, 0.15) is 26.3 Å². The molecule has 5 nitrogen and oxygen atoms in total. The van der Waals surface area contributed by atoms with E-state index < -0.39 is 0 Å². The van der Waals surface area contributed by atoms with Gasteiger partial charge in [-0.1, -0.05) is 17.7 Å². The van der Waals surface area contributed by atoms with Crippen molar-refractivity contribution in [1.29, 1.82) is 0 Å². The highest BCUT2D eigenvalue weighted by molar-refractivity contribution is 6.31. The molecule has 0 bridgehead atoms. The molecule has 0 atom stereocenters. The average molecular weight is 335 g/mol. The lowest BCUT2D eigenvalue weighted by Gasteiger charge is -2.25. The van der Waals surface area contributed by atoms with Gasteiger partial charge < -0.3 is 15.0 Å². The fourth-order valence-electron chi connectivity index (χ4n) is 2.40. The molecule has 6 heteroatoms. The first-order valence-electron chi connectivity index (χ1n) is 7.90. The summed E-state index contributed by atoms with van der Waals surface area (Å²) in [4.78, 5) is 10.8. The van der Waals surface area contributed by atoms with Crippen molar-refractivity contribution in [2.24, 2.45) is 0 Å². The van der Waals surface area contributed by atoms with Gasteiger partial charge >= 0.3 is 0 Å². The van der Waals surface area contributed by atoms with E-state index in [0.29, 0.717) is 24.8 Å². The molecule has 2 aromatic rings. The van der Waals surface area contributed by atoms with Gasteiger partial charge in [0.1, 0.15) is 0 Å². The third-order valence-corrected chi connectivity index (χ3v) is 3.91. The van der Waals surface area contributed by atoms with Crippen molar-refractivity contribution in [3.63, 3.8) is 0 Å². The second-order valence-electron chi connectivity index (χ2n) is 4.94. The Hall–Kier alpha value is -2.01. The number of nitrogens with one attached hydrogen (secondary N) is 1. The van der Waals surface area contributed by atoms with E-state index in [-0.39, 0.29) is 0 Å². The molecular formula is C17H23ClN4O. The standard InChI is InChI=1S/C17H23ClN4O/c1-4-22(5-2)16-9-7-8-15(18)14(16)12-21-17-19-10-13(11-20-17)23-6-3/h7-11H,4-6,12H2,1-3H3,(H,19,20,21). The van der Waals surface area contributed by atoms with Gasteiger partial charge in [-0.15, -0.1) is 0 Å². The highest BCUT2D eigenvalue weighted by Crippen LogP contribution is 2.28. The van der Waals surface area contributed by atoms with Crippen LogP contribution in [0.5, 0.6) is 5.75 Å². The van der Waals surface area contributed by atoms with Crippen LogP contribution in [0, 0.1) is 0 Å². The number of halogens is 1. The molecule has 1 aromatic carbocycles. The van der Waals surface area contributed by atoms with Gasteiger partial charge in [0.2, 0.25) is 5.95 Å². The maximum absolute atomic E-state index is 6.39. The van der Waals surface area contributed by atoms with Crippen LogP contribution in [0.4, 0.5) is 11.6 Å². The summed E-state index contributed by atoms with van der Waals surface area (Å²) in [6.45, 7) is 9.24. The van der Waals surface area contributed by atoms with Gasteiger partial charge in [0.15, 0.2) is 5.75 Å². The van der Waals surface area contributed by atoms with E-state index in [1.807, 2.05) is 19.1 Å². The largest absolute Gasteiger partial charge is 0.491 e. The summed E-state index contributed by atoms with van der Waals surface area (Å²) in [7, 11) is 0. The second-order valence-corrected chi connectivity index (χ2v) is 5.35. The quantitative estimate of drug-likeness (QED) is 0.791. The summed E-state index contributed by atoms with van der Waals surface area (Å²) < 4.78 is 5.34. The van der Waals surface area contributed by atoms with Crippen LogP contribution >= 0.6 is 11.6 Å². The van der Waals surface area contributed by atoms with Gasteiger partial charge in [0, 0.05) is 35.9 Å². The van der Waals surface area contributed by atoms with Gasteiger partial charge in [0.05, 0.1) is 19.0 Å². The lowest BCUT2D eigenvalue weighted by molar-refractivity contribution is 0.337. The van der Waals surface area contributed by atoms with Gasteiger partial charge in [-0.05, 0) is 32.9 Å². The van der Waals surface area contributed by atoms with Crippen molar-refractivity contribution in [2.75, 3.05) is 29.9 Å². The van der Waals surface area contributed by atoms with Crippen LogP contribution in [0.15, 0.2) is 30.6 Å². The summed E-state index contributed by atoms with van der Waals surface area (Å²) in [5.74, 6) is 1.22. The first kappa shape index (κ1) is 17.3. The van der Waals surface area contributed by atoms with Crippen molar-refractivity contribution in [1.82, 2.24) is 9.97 Å². The van der Waals surface area contributed by atoms with Crippen LogP contribution in [0.2, 0.25) is 5.02 Å². The molecule has 23 heavy (non-hydrogen) atoms. The molecule has 1 aromatic heterocycles. The number of ether oxygens (including phenoxy) is 1. The molecule has 0 saturated heterocycles. The van der Waals surface area contributed by atoms with Crippen molar-refractivity contribution in [3.8, 4) is 5.75 Å². The van der Waals surface area contributed by atoms with Gasteiger partial charge in [-0.25, -0.2) is 9.97 Å². The molecule has 124 valence electrons. The fraction of sp³-hybridized carbons (Fsp3) is 0.412. The maximum Gasteiger partial charge on any atom is 0.223 e. The topological polar surface area (TPSA) is 50.3 Å². The van der Waals surface area contributed by atoms with Crippen LogP contribution in [0.25, 0.3) is 0 Å². The summed E-state index contributed by atoms with van der Waals surface area (Å²) >= 11 is 6.39. The first-order chi connectivity index (χ1) is 11.2. The number of anilines is 2. The Morgan fingerprint density at radius 2 is 1.83 bits per heavy atom. The molecule has 1 heterocycles. The monoisotopic (exact) mass is 334 g/mol. The summed E-state index contributed by atoms with van der Waals surface area (Å²) in [6.07, 6.45) is 3.33. The Bertz CT molecular complexity index is 614. The average Bonchev–Trinajstić information content (AvgIpc) is 2.57. The van der Waals surface area contributed by atoms with Crippen molar-refractivity contribution >= 4 is 23.2 Å². The van der Waals surface area contributed by atoms with Crippen molar-refractivity contribution < 1.29 is 4.74 Å². The van der Waals surface area contributed by atoms with E-state index in [1.54, 1.807) is 12.4 Å². The number of rotatable bonds is 8. The summed E-state index contributed by atoms with van der Waals surface area (Å²) in [5.41, 5.74) is 2.19. The molecule has 0 unspecified atom stereocenters. The number of nitrogens with zero attached hydrogens (tertiary/aromatic N) is 3. The predicted molar refractivity (Wildman–Crippen MR) is 95.5 cm³/mol. The highest BCUT2D eigenvalue weighted by atomic mass is 35.5. The van der Waals surface area contributed by atoms with Crippen LogP contribution in [-0.2, 0) is 6.54 Å². The zero-order valence-electron chi connectivity index (χ0n) is 13.8. The summed E-state index contributed by atoms with van der Waals surface area (Å²) in [6, 6.07) is 5.98. The lowest BCUT2D eigenvalue weighted by Crippen LogP contribution is -2.23. The van der Waals surface area contributed by atoms with E-state index >= 15 is 0 Å². The van der Waals surface area contributed by atoms with Crippen LogP contribution in [0.3, 0.4) is 0 Å². The highest BCUT2D eigenvalue weighted by Gasteiger charge is 2.12. The molecule has 0 radical (unpaired) electrons. The number of aromatic nitrogens is 2. The molecule has 0 aliphatic rings.